The minimum absolute atomic E-state index is 0.0134. The third kappa shape index (κ3) is 11.0. The lowest BCUT2D eigenvalue weighted by Gasteiger charge is -2.15. The van der Waals surface area contributed by atoms with E-state index in [-0.39, 0.29) is 31.5 Å². The first-order valence-electron chi connectivity index (χ1n) is 13.1. The highest BCUT2D eigenvalue weighted by atomic mass is 127. The average Bonchev–Trinajstić information content (AvgIpc) is 3.02. The van der Waals surface area contributed by atoms with Crippen LogP contribution < -0.4 is 23.7 Å². The quantitative estimate of drug-likeness (QED) is 0.106. The fraction of sp³-hybridized carbons (Fsp3) is 0.0667. The Balaban J connectivity index is 0.000000230. The van der Waals surface area contributed by atoms with Crippen LogP contribution in [0.4, 0.5) is 5.69 Å². The van der Waals surface area contributed by atoms with Gasteiger partial charge in [-0.3, -0.25) is 14.7 Å². The molecule has 0 bridgehead atoms. The molecule has 0 aliphatic carbocycles. The van der Waals surface area contributed by atoms with E-state index in [1.54, 1.807) is 24.3 Å². The van der Waals surface area contributed by atoms with Crippen LogP contribution in [0.25, 0.3) is 0 Å². The highest BCUT2D eigenvalue weighted by Crippen LogP contribution is 2.40. The molecule has 0 unspecified atom stereocenters. The molecule has 1 N–H and O–H groups in total. The van der Waals surface area contributed by atoms with E-state index >= 15 is 0 Å². The zero-order chi connectivity index (χ0) is 35.9. The fourth-order valence-electron chi connectivity index (χ4n) is 3.78. The zero-order valence-electron chi connectivity index (χ0n) is 24.8. The number of aromatic nitrogens is 2. The summed E-state index contributed by atoms with van der Waals surface area (Å²) >= 11 is 20.3. The number of sulfonamides is 1. The van der Waals surface area contributed by atoms with Gasteiger partial charge in [0.2, 0.25) is 0 Å². The third-order valence-electron chi connectivity index (χ3n) is 5.90. The lowest BCUT2D eigenvalue weighted by molar-refractivity contribution is 0.376. The lowest BCUT2D eigenvalue weighted by Crippen LogP contribution is -2.14. The zero-order valence-corrected chi connectivity index (χ0v) is 34.1. The van der Waals surface area contributed by atoms with Crippen molar-refractivity contribution in [2.45, 2.75) is 9.79 Å². The Labute approximate surface area is 327 Å². The molecule has 19 heteroatoms. The van der Waals surface area contributed by atoms with Gasteiger partial charge in [-0.25, -0.2) is 16.8 Å². The van der Waals surface area contributed by atoms with Gasteiger partial charge in [0.25, 0.3) is 19.1 Å². The summed E-state index contributed by atoms with van der Waals surface area (Å²) in [6.07, 6.45) is 5.89. The van der Waals surface area contributed by atoms with Crippen molar-refractivity contribution in [2.24, 2.45) is 0 Å². The normalized spacial score (nSPS) is 11.2. The maximum absolute atomic E-state index is 12.8. The molecular formula is C30H21Br2Cl3IN3O8S2. The number of benzene rings is 3. The van der Waals surface area contributed by atoms with Gasteiger partial charge in [-0.1, -0.05) is 23.2 Å². The highest BCUT2D eigenvalue weighted by Gasteiger charge is 2.23. The summed E-state index contributed by atoms with van der Waals surface area (Å²) in [5, 5.41) is 0.821. The standard InChI is InChI=1S/C18H13BrClIN2O4S.C12H8BrCl2NO4S/c1-26-16-8-18(28(24,25)23-13-4-2-12(21)3-5-13)15(19)7-17(16)27-14-6-11(20)9-22-10-14;1-19-10-4-12(21(15,17)18)9(13)3-11(10)20-8-2-7(14)5-16-6-8/h2-10,23H,1H3;2-6H,1H3. The summed E-state index contributed by atoms with van der Waals surface area (Å²) in [5.74, 6) is 1.83. The van der Waals surface area contributed by atoms with Crippen LogP contribution in [0.1, 0.15) is 0 Å². The maximum Gasteiger partial charge on any atom is 0.263 e. The van der Waals surface area contributed by atoms with E-state index in [1.165, 1.54) is 63.3 Å². The number of nitrogens with zero attached hydrogens (tertiary/aromatic N) is 2. The molecule has 49 heavy (non-hydrogen) atoms. The molecular weight excluding hydrogens is 988 g/mol. The van der Waals surface area contributed by atoms with E-state index < -0.39 is 19.1 Å². The Kier molecular flexibility index (Phi) is 13.7. The van der Waals surface area contributed by atoms with Crippen molar-refractivity contribution in [3.8, 4) is 34.5 Å². The van der Waals surface area contributed by atoms with E-state index in [1.807, 2.05) is 12.1 Å². The number of nitrogens with one attached hydrogen (secondary N) is 1. The molecule has 0 spiro atoms. The van der Waals surface area contributed by atoms with Gasteiger partial charge in [-0.05, 0) is 78.7 Å². The molecule has 5 aromatic rings. The van der Waals surface area contributed by atoms with Gasteiger partial charge in [0.15, 0.2) is 23.0 Å². The second-order valence-electron chi connectivity index (χ2n) is 9.30. The number of pyridine rings is 2. The van der Waals surface area contributed by atoms with E-state index in [2.05, 4.69) is 69.1 Å². The molecule has 0 amide bonds. The van der Waals surface area contributed by atoms with Crippen molar-refractivity contribution < 1.29 is 35.8 Å². The number of rotatable bonds is 10. The largest absolute Gasteiger partial charge is 0.493 e. The Bertz CT molecular complexity index is 2200. The van der Waals surface area contributed by atoms with Gasteiger partial charge in [0.1, 0.15) is 21.3 Å². The SMILES string of the molecule is COc1cc(S(=O)(=O)Cl)c(Br)cc1Oc1cncc(Cl)c1.COc1cc(S(=O)(=O)Nc2ccc(I)cc2)c(Br)cc1Oc1cncc(Cl)c1. The van der Waals surface area contributed by atoms with E-state index in [0.717, 1.165) is 3.57 Å². The molecule has 3 aromatic carbocycles. The molecule has 0 fully saturated rings. The number of methoxy groups -OCH3 is 2. The lowest BCUT2D eigenvalue weighted by atomic mass is 10.3. The molecule has 0 aliphatic rings. The summed E-state index contributed by atoms with van der Waals surface area (Å²) in [4.78, 5) is 7.74. The van der Waals surface area contributed by atoms with E-state index in [0.29, 0.717) is 37.5 Å². The summed E-state index contributed by atoms with van der Waals surface area (Å²) in [6.45, 7) is 0. The molecule has 0 saturated heterocycles. The first-order valence-corrected chi connectivity index (χ1v) is 20.4. The van der Waals surface area contributed by atoms with Crippen LogP contribution in [0, 0.1) is 3.57 Å². The van der Waals surface area contributed by atoms with E-state index in [4.69, 9.17) is 52.8 Å². The molecule has 5 rings (SSSR count). The predicted octanol–water partition coefficient (Wildman–Crippen LogP) is 9.93. The van der Waals surface area contributed by atoms with Crippen LogP contribution in [-0.2, 0) is 19.1 Å². The Morgan fingerprint density at radius 2 is 1.12 bits per heavy atom. The van der Waals surface area contributed by atoms with Crippen molar-refractivity contribution in [3.05, 3.63) is 108 Å². The molecule has 0 atom stereocenters. The summed E-state index contributed by atoms with van der Waals surface area (Å²) in [6, 6.07) is 15.7. The summed E-state index contributed by atoms with van der Waals surface area (Å²) in [7, 11) is 0.396. The monoisotopic (exact) mass is 1000 g/mol. The molecule has 0 aliphatic heterocycles. The van der Waals surface area contributed by atoms with E-state index in [9.17, 15) is 16.8 Å². The van der Waals surface area contributed by atoms with Crippen LogP contribution >= 0.6 is 88.3 Å². The molecule has 258 valence electrons. The Hall–Kier alpha value is -2.58. The highest BCUT2D eigenvalue weighted by molar-refractivity contribution is 14.1. The van der Waals surface area contributed by atoms with Crippen molar-refractivity contribution in [3.63, 3.8) is 0 Å². The van der Waals surface area contributed by atoms with Crippen LogP contribution in [-0.4, -0.2) is 41.0 Å². The number of anilines is 1. The number of ether oxygens (including phenoxy) is 4. The number of halogens is 6. The Morgan fingerprint density at radius 3 is 1.55 bits per heavy atom. The minimum atomic E-state index is -3.91. The summed E-state index contributed by atoms with van der Waals surface area (Å²) in [5.41, 5.74) is 0.455. The topological polar surface area (TPSA) is 143 Å². The predicted molar refractivity (Wildman–Crippen MR) is 203 cm³/mol. The van der Waals surface area contributed by atoms with Crippen molar-refractivity contribution in [1.29, 1.82) is 0 Å². The smallest absolute Gasteiger partial charge is 0.263 e. The second kappa shape index (κ2) is 17.1. The van der Waals surface area contributed by atoms with Gasteiger partial charge < -0.3 is 18.9 Å². The molecule has 0 radical (unpaired) electrons. The van der Waals surface area contributed by atoms with Gasteiger partial charge in [-0.2, -0.15) is 0 Å². The first-order chi connectivity index (χ1) is 23.1. The maximum atomic E-state index is 12.8. The van der Waals surface area contributed by atoms with Gasteiger partial charge in [0.05, 0.1) is 36.7 Å². The van der Waals surface area contributed by atoms with Crippen LogP contribution in [0.2, 0.25) is 10.0 Å². The average molecular weight is 1010 g/mol. The van der Waals surface area contributed by atoms with Gasteiger partial charge in [0, 0.05) is 77.7 Å². The minimum Gasteiger partial charge on any atom is -0.493 e. The van der Waals surface area contributed by atoms with Crippen molar-refractivity contribution in [1.82, 2.24) is 9.97 Å². The fourth-order valence-corrected chi connectivity index (χ4v) is 8.73. The van der Waals surface area contributed by atoms with Gasteiger partial charge >= 0.3 is 0 Å². The number of hydrogen-bond acceptors (Lipinski definition) is 10. The van der Waals surface area contributed by atoms with Gasteiger partial charge in [-0.15, -0.1) is 0 Å². The molecule has 2 heterocycles. The third-order valence-corrected chi connectivity index (χ3v) is 11.7. The second-order valence-corrected chi connectivity index (χ2v) is 17.3. The summed E-state index contributed by atoms with van der Waals surface area (Å²) < 4.78 is 74.4. The number of hydrogen-bond donors (Lipinski definition) is 1. The van der Waals surface area contributed by atoms with Crippen LogP contribution in [0.5, 0.6) is 34.5 Å². The molecule has 2 aromatic heterocycles. The van der Waals surface area contributed by atoms with Crippen molar-refractivity contribution >= 4 is 113 Å². The van der Waals surface area contributed by atoms with Crippen LogP contribution in [0.3, 0.4) is 0 Å². The van der Waals surface area contributed by atoms with Crippen LogP contribution in [0.15, 0.2) is 104 Å². The van der Waals surface area contributed by atoms with Crippen molar-refractivity contribution in [2.75, 3.05) is 18.9 Å². The Morgan fingerprint density at radius 1 is 0.673 bits per heavy atom. The molecule has 0 saturated carbocycles. The molecule has 11 nitrogen and oxygen atoms in total. The first kappa shape index (κ1) is 39.2.